The number of carbonyl (C=O) groups is 2. The molecule has 0 aromatic heterocycles. The topological polar surface area (TPSA) is 168 Å². The van der Waals surface area contributed by atoms with E-state index in [1.54, 1.807) is 34.6 Å². The molecule has 4 N–H and O–H groups in total. The van der Waals surface area contributed by atoms with Crippen LogP contribution in [0.25, 0.3) is 0 Å². The molecule has 0 aliphatic carbocycles. The lowest BCUT2D eigenvalue weighted by atomic mass is 9.74. The number of ether oxygens (including phenoxy) is 4. The zero-order chi connectivity index (χ0) is 32.3. The molecule has 12 heteroatoms. The molecule has 12 nitrogen and oxygen atoms in total. The van der Waals surface area contributed by atoms with Crippen LogP contribution in [-0.2, 0) is 28.5 Å². The van der Waals surface area contributed by atoms with Crippen LogP contribution in [0.15, 0.2) is 5.16 Å². The van der Waals surface area contributed by atoms with Gasteiger partial charge in [0.2, 0.25) is 0 Å². The van der Waals surface area contributed by atoms with Gasteiger partial charge in [0.25, 0.3) is 0 Å². The van der Waals surface area contributed by atoms with Crippen LogP contribution < -0.4 is 0 Å². The summed E-state index contributed by atoms with van der Waals surface area (Å²) in [6.45, 7) is 13.1. The summed E-state index contributed by atoms with van der Waals surface area (Å²) >= 11 is 0. The fourth-order valence-electron chi connectivity index (χ4n) is 6.63. The van der Waals surface area contributed by atoms with Gasteiger partial charge >= 0.3 is 5.97 Å². The molecule has 0 aromatic carbocycles. The average Bonchev–Trinajstić information content (AvgIpc) is 2.93. The number of Topliss-reactive ketones (excluding diaryl/α,β-unsaturated/α-hetero) is 1. The first-order valence-electron chi connectivity index (χ1n) is 14.9. The molecular weight excluding hydrogens is 548 g/mol. The smallest absolute Gasteiger partial charge is 0.316 e. The zero-order valence-corrected chi connectivity index (χ0v) is 27.1. The van der Waals surface area contributed by atoms with E-state index in [-0.39, 0.29) is 30.7 Å². The van der Waals surface area contributed by atoms with E-state index < -0.39 is 77.3 Å². The van der Waals surface area contributed by atoms with E-state index >= 15 is 0 Å². The quantitative estimate of drug-likeness (QED) is 0.157. The maximum Gasteiger partial charge on any atom is 0.316 e. The molecule has 2 aliphatic heterocycles. The Kier molecular flexibility index (Phi) is 12.5. The molecule has 2 saturated heterocycles. The van der Waals surface area contributed by atoms with Gasteiger partial charge in [0.1, 0.15) is 23.7 Å². The molecule has 2 heterocycles. The maximum atomic E-state index is 13.9. The Labute approximate surface area is 250 Å². The molecule has 244 valence electrons. The Balaban J connectivity index is 2.66. The van der Waals surface area contributed by atoms with Crippen molar-refractivity contribution in [3.05, 3.63) is 0 Å². The Bertz CT molecular complexity index is 958. The molecule has 0 unspecified atom stereocenters. The van der Waals surface area contributed by atoms with E-state index in [1.807, 2.05) is 25.9 Å². The van der Waals surface area contributed by atoms with Crippen LogP contribution >= 0.6 is 0 Å². The van der Waals surface area contributed by atoms with Gasteiger partial charge < -0.3 is 44.4 Å². The summed E-state index contributed by atoms with van der Waals surface area (Å²) in [6.07, 6.45) is -5.12. The Morgan fingerprint density at radius 1 is 1.07 bits per heavy atom. The standard InChI is InChI=1S/C30H54N2O10/c1-12-21-30(8,37)25(35)17(4)22(31-38)15(2)14-29(7,39-11)26(18(5)23(33)19(6)27(36)41-21)42-28-24(34)20(32(9)10)13-16(3)40-28/h15-21,24-26,28,34-35,37-38H,12-14H2,1-11H3/b31-22+/t15-,16-,17+,18+,19-,20+,21-,24-,25-,26-,28+,29-,30-/m1/s1. The van der Waals surface area contributed by atoms with Gasteiger partial charge in [0.15, 0.2) is 12.1 Å². The predicted molar refractivity (Wildman–Crippen MR) is 155 cm³/mol. The van der Waals surface area contributed by atoms with Gasteiger partial charge in [-0.25, -0.2) is 0 Å². The Hall–Kier alpha value is -1.67. The number of cyclic esters (lactones) is 1. The van der Waals surface area contributed by atoms with Crippen LogP contribution in [0.4, 0.5) is 0 Å². The number of hydrogen-bond donors (Lipinski definition) is 4. The van der Waals surface area contributed by atoms with Crippen LogP contribution in [0.2, 0.25) is 0 Å². The number of likely N-dealkylation sites (N-methyl/N-ethyl adjacent to an activating group) is 1. The summed E-state index contributed by atoms with van der Waals surface area (Å²) in [5.74, 6) is -4.88. The molecule has 0 spiro atoms. The van der Waals surface area contributed by atoms with Crippen LogP contribution in [0.1, 0.15) is 74.7 Å². The minimum Gasteiger partial charge on any atom is -0.459 e. The molecular formula is C30H54N2O10. The zero-order valence-electron chi connectivity index (χ0n) is 27.1. The van der Waals surface area contributed by atoms with Gasteiger partial charge in [0.05, 0.1) is 29.6 Å². The molecule has 13 atom stereocenters. The molecule has 0 amide bonds. The number of rotatable bonds is 5. The number of hydrogen-bond acceptors (Lipinski definition) is 12. The predicted octanol–water partition coefficient (Wildman–Crippen LogP) is 1.98. The number of ketones is 1. The van der Waals surface area contributed by atoms with Crippen molar-refractivity contribution in [2.45, 2.75) is 129 Å². The van der Waals surface area contributed by atoms with E-state index in [4.69, 9.17) is 18.9 Å². The fraction of sp³-hybridized carbons (Fsp3) is 0.900. The van der Waals surface area contributed by atoms with Crippen LogP contribution in [0, 0.1) is 23.7 Å². The third-order valence-corrected chi connectivity index (χ3v) is 9.46. The largest absolute Gasteiger partial charge is 0.459 e. The minimum absolute atomic E-state index is 0.162. The minimum atomic E-state index is -1.91. The second-order valence-electron chi connectivity index (χ2n) is 13.0. The summed E-state index contributed by atoms with van der Waals surface area (Å²) in [7, 11) is 5.18. The molecule has 2 aliphatic rings. The van der Waals surface area contributed by atoms with Crippen LogP contribution in [-0.4, -0.2) is 118 Å². The number of methoxy groups -OCH3 is 1. The van der Waals surface area contributed by atoms with Crippen LogP contribution in [0.5, 0.6) is 0 Å². The second kappa shape index (κ2) is 14.4. The van der Waals surface area contributed by atoms with Crippen LogP contribution in [0.3, 0.4) is 0 Å². The van der Waals surface area contributed by atoms with Crippen molar-refractivity contribution in [1.82, 2.24) is 4.90 Å². The number of oxime groups is 1. The van der Waals surface area contributed by atoms with Crippen molar-refractivity contribution >= 4 is 17.5 Å². The van der Waals surface area contributed by atoms with Crippen molar-refractivity contribution in [3.63, 3.8) is 0 Å². The lowest BCUT2D eigenvalue weighted by Gasteiger charge is -2.47. The van der Waals surface area contributed by atoms with Gasteiger partial charge in [-0.2, -0.15) is 0 Å². The van der Waals surface area contributed by atoms with Crippen molar-refractivity contribution in [3.8, 4) is 0 Å². The van der Waals surface area contributed by atoms with E-state index in [9.17, 15) is 30.1 Å². The number of nitrogens with zero attached hydrogens (tertiary/aromatic N) is 2. The average molecular weight is 603 g/mol. The number of esters is 1. The van der Waals surface area contributed by atoms with Crippen molar-refractivity contribution in [2.75, 3.05) is 21.2 Å². The Morgan fingerprint density at radius 3 is 2.17 bits per heavy atom. The number of carbonyl (C=O) groups excluding carboxylic acids is 2. The first kappa shape index (κ1) is 36.5. The lowest BCUT2D eigenvalue weighted by molar-refractivity contribution is -0.295. The third kappa shape index (κ3) is 7.51. The molecule has 2 rings (SSSR count). The highest BCUT2D eigenvalue weighted by Gasteiger charge is 2.51. The van der Waals surface area contributed by atoms with Gasteiger partial charge in [-0.15, -0.1) is 0 Å². The first-order valence-corrected chi connectivity index (χ1v) is 14.9. The van der Waals surface area contributed by atoms with Gasteiger partial charge in [-0.1, -0.05) is 32.9 Å². The fourth-order valence-corrected chi connectivity index (χ4v) is 6.63. The lowest BCUT2D eigenvalue weighted by Crippen LogP contribution is -2.60. The summed E-state index contributed by atoms with van der Waals surface area (Å²) in [5.41, 5.74) is -2.96. The van der Waals surface area contributed by atoms with Crippen molar-refractivity contribution < 1.29 is 49.1 Å². The molecule has 0 bridgehead atoms. The summed E-state index contributed by atoms with van der Waals surface area (Å²) in [5, 5.41) is 47.4. The number of aliphatic hydroxyl groups excluding tert-OH is 2. The third-order valence-electron chi connectivity index (χ3n) is 9.46. The summed E-state index contributed by atoms with van der Waals surface area (Å²) < 4.78 is 24.2. The summed E-state index contributed by atoms with van der Waals surface area (Å²) in [4.78, 5) is 29.0. The van der Waals surface area contributed by atoms with Gasteiger partial charge in [-0.3, -0.25) is 9.59 Å². The van der Waals surface area contributed by atoms with E-state index in [0.29, 0.717) is 6.42 Å². The molecule has 0 saturated carbocycles. The summed E-state index contributed by atoms with van der Waals surface area (Å²) in [6, 6.07) is -0.265. The van der Waals surface area contributed by atoms with Crippen molar-refractivity contribution in [1.29, 1.82) is 0 Å². The van der Waals surface area contributed by atoms with E-state index in [1.165, 1.54) is 21.0 Å². The van der Waals surface area contributed by atoms with Gasteiger partial charge in [0, 0.05) is 30.9 Å². The maximum absolute atomic E-state index is 13.9. The van der Waals surface area contributed by atoms with E-state index in [2.05, 4.69) is 5.16 Å². The molecule has 42 heavy (non-hydrogen) atoms. The SMILES string of the molecule is CC[C@H]1OC(=O)[C@H](C)C(=O)[C@H](C)[C@@H](O[C@@H]2O[C@H](C)C[C@H](N(C)C)[C@H]2O)[C@](C)(OC)C[C@@H](C)/C(=N\O)[C@H](C)[C@@H](O)[C@]1(C)O. The Morgan fingerprint density at radius 2 is 1.67 bits per heavy atom. The highest BCUT2D eigenvalue weighted by Crippen LogP contribution is 2.38. The van der Waals surface area contributed by atoms with E-state index in [0.717, 1.165) is 0 Å². The van der Waals surface area contributed by atoms with Crippen molar-refractivity contribution in [2.24, 2.45) is 28.8 Å². The number of aliphatic hydroxyl groups is 3. The molecule has 2 fully saturated rings. The molecule has 0 aromatic rings. The first-order chi connectivity index (χ1) is 19.4. The normalized spacial score (nSPS) is 46.0. The highest BCUT2D eigenvalue weighted by atomic mass is 16.7. The highest BCUT2D eigenvalue weighted by molar-refractivity contribution is 6.00. The van der Waals surface area contributed by atoms with Gasteiger partial charge in [-0.05, 0) is 61.1 Å². The molecule has 0 radical (unpaired) electrons. The second-order valence-corrected chi connectivity index (χ2v) is 13.0. The monoisotopic (exact) mass is 602 g/mol.